The second-order valence-corrected chi connectivity index (χ2v) is 8.28. The number of halogens is 6. The summed E-state index contributed by atoms with van der Waals surface area (Å²) in [5, 5.41) is 6.62. The van der Waals surface area contributed by atoms with Gasteiger partial charge >= 0.3 is 0 Å². The molecule has 1 heterocycles. The topological polar surface area (TPSA) is 71.1 Å². The van der Waals surface area contributed by atoms with Crippen molar-refractivity contribution in [3.05, 3.63) is 84.0 Å². The number of nitrogens with zero attached hydrogens (tertiary/aromatic N) is 1. The van der Waals surface area contributed by atoms with Gasteiger partial charge in [-0.15, -0.1) is 0 Å². The van der Waals surface area contributed by atoms with Gasteiger partial charge in [0.2, 0.25) is 0 Å². The lowest BCUT2D eigenvalue weighted by atomic mass is 10.2. The highest BCUT2D eigenvalue weighted by atomic mass is 35.5. The molecular weight excluding hydrogens is 515 g/mol. The average Bonchev–Trinajstić information content (AvgIpc) is 2.70. The van der Waals surface area contributed by atoms with Gasteiger partial charge in [0.1, 0.15) is 5.69 Å². The Bertz CT molecular complexity index is 1060. The lowest BCUT2D eigenvalue weighted by Gasteiger charge is -2.10. The quantitative estimate of drug-likeness (QED) is 0.348. The van der Waals surface area contributed by atoms with Crippen LogP contribution in [0.4, 0.5) is 11.4 Å². The number of carbonyl (C=O) groups excluding carboxylic acids is 2. The Labute approximate surface area is 201 Å². The van der Waals surface area contributed by atoms with Crippen molar-refractivity contribution in [2.24, 2.45) is 0 Å². The molecule has 0 aliphatic heterocycles. The van der Waals surface area contributed by atoms with Crippen LogP contribution in [-0.4, -0.2) is 16.8 Å². The summed E-state index contributed by atoms with van der Waals surface area (Å²) in [6.45, 7) is 0. The minimum absolute atomic E-state index is 0.0567. The fourth-order valence-electron chi connectivity index (χ4n) is 2.28. The van der Waals surface area contributed by atoms with Gasteiger partial charge in [-0.25, -0.2) is 0 Å². The van der Waals surface area contributed by atoms with Crippen LogP contribution >= 0.6 is 69.6 Å². The van der Waals surface area contributed by atoms with Gasteiger partial charge in [-0.05, 0) is 36.4 Å². The van der Waals surface area contributed by atoms with Crippen LogP contribution in [0.2, 0.25) is 30.1 Å². The van der Waals surface area contributed by atoms with E-state index in [-0.39, 0.29) is 52.8 Å². The Morgan fingerprint density at radius 1 is 0.633 bits per heavy atom. The molecule has 0 saturated carbocycles. The van der Waals surface area contributed by atoms with Gasteiger partial charge in [-0.2, -0.15) is 0 Å². The van der Waals surface area contributed by atoms with Crippen molar-refractivity contribution >= 4 is 92.8 Å². The van der Waals surface area contributed by atoms with Crippen LogP contribution < -0.4 is 10.6 Å². The van der Waals surface area contributed by atoms with Crippen molar-refractivity contribution in [2.75, 3.05) is 10.6 Å². The molecule has 0 fully saturated rings. The predicted octanol–water partition coefficient (Wildman–Crippen LogP) is 7.51. The molecule has 2 aromatic carbocycles. The summed E-state index contributed by atoms with van der Waals surface area (Å²) < 4.78 is 0. The number of nitrogens with one attached hydrogen (secondary N) is 2. The predicted molar refractivity (Wildman–Crippen MR) is 123 cm³/mol. The van der Waals surface area contributed by atoms with Crippen molar-refractivity contribution in [3.63, 3.8) is 0 Å². The molecular formula is C19H9Cl6N3O2. The molecule has 0 aliphatic rings. The van der Waals surface area contributed by atoms with Crippen molar-refractivity contribution in [3.8, 4) is 0 Å². The molecule has 11 heteroatoms. The van der Waals surface area contributed by atoms with E-state index in [1.807, 2.05) is 0 Å². The number of pyridine rings is 1. The van der Waals surface area contributed by atoms with Gasteiger partial charge in [-0.3, -0.25) is 14.6 Å². The van der Waals surface area contributed by atoms with Crippen molar-refractivity contribution in [2.45, 2.75) is 0 Å². The van der Waals surface area contributed by atoms with E-state index in [1.165, 1.54) is 42.6 Å². The zero-order valence-corrected chi connectivity index (χ0v) is 19.1. The fourth-order valence-corrected chi connectivity index (χ4v) is 3.47. The summed E-state index contributed by atoms with van der Waals surface area (Å²) in [7, 11) is 0. The smallest absolute Gasteiger partial charge is 0.274 e. The molecule has 3 rings (SSSR count). The molecule has 0 saturated heterocycles. The average molecular weight is 524 g/mol. The van der Waals surface area contributed by atoms with E-state index < -0.39 is 11.8 Å². The minimum atomic E-state index is -0.547. The Morgan fingerprint density at radius 3 is 1.57 bits per heavy atom. The summed E-state index contributed by atoms with van der Waals surface area (Å²) >= 11 is 35.7. The maximum atomic E-state index is 12.4. The van der Waals surface area contributed by atoms with Crippen LogP contribution in [0.1, 0.15) is 20.8 Å². The summed E-state index contributed by atoms with van der Waals surface area (Å²) in [6.07, 6.45) is 1.24. The molecule has 154 valence electrons. The zero-order valence-electron chi connectivity index (χ0n) is 14.6. The number of hydrogen-bond donors (Lipinski definition) is 2. The third kappa shape index (κ3) is 5.30. The first-order valence-electron chi connectivity index (χ1n) is 8.03. The van der Waals surface area contributed by atoms with Crippen LogP contribution in [0.5, 0.6) is 0 Å². The largest absolute Gasteiger partial charge is 0.321 e. The van der Waals surface area contributed by atoms with E-state index in [0.717, 1.165) is 0 Å². The van der Waals surface area contributed by atoms with Gasteiger partial charge in [0.05, 0.1) is 47.1 Å². The van der Waals surface area contributed by atoms with Crippen molar-refractivity contribution in [1.82, 2.24) is 4.98 Å². The maximum absolute atomic E-state index is 12.4. The summed E-state index contributed by atoms with van der Waals surface area (Å²) in [4.78, 5) is 28.8. The molecule has 2 N–H and O–H groups in total. The molecule has 0 radical (unpaired) electrons. The molecule has 0 unspecified atom stereocenters. The van der Waals surface area contributed by atoms with Gasteiger partial charge in [0.15, 0.2) is 0 Å². The number of carbonyl (C=O) groups is 2. The van der Waals surface area contributed by atoms with Crippen molar-refractivity contribution in [1.29, 1.82) is 0 Å². The third-order valence-corrected chi connectivity index (χ3v) is 5.84. The maximum Gasteiger partial charge on any atom is 0.274 e. The number of anilines is 2. The van der Waals surface area contributed by atoms with E-state index in [0.29, 0.717) is 0 Å². The zero-order chi connectivity index (χ0) is 22.0. The summed E-state index contributed by atoms with van der Waals surface area (Å²) in [5.74, 6) is -1.04. The minimum Gasteiger partial charge on any atom is -0.321 e. The van der Waals surface area contributed by atoms with E-state index in [9.17, 15) is 9.59 Å². The highest BCUT2D eigenvalue weighted by Crippen LogP contribution is 2.33. The Hall–Kier alpha value is -1.73. The molecule has 0 atom stereocenters. The summed E-state index contributed by atoms with van der Waals surface area (Å²) in [5.41, 5.74) is 0.809. The lowest BCUT2D eigenvalue weighted by molar-refractivity contribution is 0.101. The first-order valence-corrected chi connectivity index (χ1v) is 10.3. The molecule has 0 spiro atoms. The number of hydrogen-bond acceptors (Lipinski definition) is 3. The fraction of sp³-hybridized carbons (Fsp3) is 0. The third-order valence-electron chi connectivity index (χ3n) is 3.77. The SMILES string of the molecule is O=C(Nc1cc(Cl)c(Cl)cc1Cl)c1ccc(C(=O)Nc2cc(Cl)c(Cl)cc2Cl)nc1. The molecule has 30 heavy (non-hydrogen) atoms. The molecule has 0 bridgehead atoms. The van der Waals surface area contributed by atoms with E-state index in [4.69, 9.17) is 69.6 Å². The molecule has 2 amide bonds. The van der Waals surface area contributed by atoms with Crippen LogP contribution in [0.3, 0.4) is 0 Å². The van der Waals surface area contributed by atoms with Crippen LogP contribution in [-0.2, 0) is 0 Å². The standard InChI is InChI=1S/C19H9Cl6N3O2/c20-9-3-13(24)16(5-11(9)22)27-18(29)8-1-2-15(26-7-8)19(30)28-17-6-12(23)10(21)4-14(17)25/h1-7H,(H,27,29)(H,28,30). The second-order valence-electron chi connectivity index (χ2n) is 5.83. The highest BCUT2D eigenvalue weighted by Gasteiger charge is 2.15. The second kappa shape index (κ2) is 9.60. The first-order chi connectivity index (χ1) is 14.2. The van der Waals surface area contributed by atoms with Crippen LogP contribution in [0, 0.1) is 0 Å². The van der Waals surface area contributed by atoms with Gasteiger partial charge in [0.25, 0.3) is 11.8 Å². The Kier molecular flexibility index (Phi) is 7.34. The van der Waals surface area contributed by atoms with Crippen LogP contribution in [0.15, 0.2) is 42.6 Å². The Morgan fingerprint density at radius 2 is 1.10 bits per heavy atom. The van der Waals surface area contributed by atoms with E-state index in [1.54, 1.807) is 0 Å². The number of rotatable bonds is 4. The summed E-state index contributed by atoms with van der Waals surface area (Å²) in [6, 6.07) is 8.50. The number of amides is 2. The van der Waals surface area contributed by atoms with Gasteiger partial charge < -0.3 is 10.6 Å². The molecule has 0 aliphatic carbocycles. The number of aromatic nitrogens is 1. The molecule has 1 aromatic heterocycles. The van der Waals surface area contributed by atoms with E-state index in [2.05, 4.69) is 15.6 Å². The lowest BCUT2D eigenvalue weighted by Crippen LogP contribution is -2.16. The molecule has 3 aromatic rings. The highest BCUT2D eigenvalue weighted by molar-refractivity contribution is 6.45. The molecule has 5 nitrogen and oxygen atoms in total. The number of benzene rings is 2. The van der Waals surface area contributed by atoms with Crippen molar-refractivity contribution < 1.29 is 9.59 Å². The van der Waals surface area contributed by atoms with Crippen LogP contribution in [0.25, 0.3) is 0 Å². The monoisotopic (exact) mass is 521 g/mol. The van der Waals surface area contributed by atoms with Gasteiger partial charge in [-0.1, -0.05) is 69.6 Å². The Balaban J connectivity index is 1.73. The van der Waals surface area contributed by atoms with Gasteiger partial charge in [0, 0.05) is 6.20 Å². The van der Waals surface area contributed by atoms with E-state index >= 15 is 0 Å². The first kappa shape index (κ1) is 22.9. The normalized spacial score (nSPS) is 10.6.